The normalized spacial score (nSPS) is 10.3. The first-order valence-electron chi connectivity index (χ1n) is 6.88. The molecule has 0 saturated carbocycles. The van der Waals surface area contributed by atoms with Crippen LogP contribution in [0, 0.1) is 10.1 Å². The zero-order valence-corrected chi connectivity index (χ0v) is 12.2. The Balaban J connectivity index is 1.67. The summed E-state index contributed by atoms with van der Waals surface area (Å²) >= 11 is 0. The van der Waals surface area contributed by atoms with Gasteiger partial charge in [-0.2, -0.15) is 0 Å². The molecule has 8 heteroatoms. The lowest BCUT2D eigenvalue weighted by atomic mass is 10.1. The molecule has 1 aromatic heterocycles. The van der Waals surface area contributed by atoms with Crippen LogP contribution < -0.4 is 10.9 Å². The molecule has 0 spiro atoms. The van der Waals surface area contributed by atoms with Crippen molar-refractivity contribution in [2.24, 2.45) is 0 Å². The highest BCUT2D eigenvalue weighted by Gasteiger charge is 2.17. The number of hydrogen-bond donors (Lipinski definition) is 2. The van der Waals surface area contributed by atoms with Crippen LogP contribution in [0.1, 0.15) is 20.9 Å². The molecule has 0 atom stereocenters. The Labute approximate surface area is 135 Å². The van der Waals surface area contributed by atoms with E-state index < -0.39 is 22.6 Å². The Hall–Kier alpha value is -3.68. The van der Waals surface area contributed by atoms with E-state index >= 15 is 0 Å². The van der Waals surface area contributed by atoms with Gasteiger partial charge in [0.25, 0.3) is 5.91 Å². The molecule has 2 aromatic carbocycles. The number of hydrogen-bond acceptors (Lipinski definition) is 5. The first kappa shape index (κ1) is 15.2. The van der Waals surface area contributed by atoms with Crippen molar-refractivity contribution in [1.82, 2.24) is 10.9 Å². The van der Waals surface area contributed by atoms with E-state index in [1.54, 1.807) is 18.2 Å². The molecule has 0 fully saturated rings. The number of nitrogens with one attached hydrogen (secondary N) is 2. The highest BCUT2D eigenvalue weighted by molar-refractivity contribution is 6.00. The number of carbonyl (C=O) groups excluding carboxylic acids is 2. The van der Waals surface area contributed by atoms with E-state index in [4.69, 9.17) is 4.42 Å². The fraction of sp³-hybridized carbons (Fsp3) is 0. The minimum atomic E-state index is -0.794. The van der Waals surface area contributed by atoms with Crippen molar-refractivity contribution in [3.63, 3.8) is 0 Å². The number of nitrogens with zero attached hydrogens (tertiary/aromatic N) is 1. The van der Waals surface area contributed by atoms with Crippen molar-refractivity contribution in [1.29, 1.82) is 0 Å². The molecule has 0 unspecified atom stereocenters. The second-order valence-corrected chi connectivity index (χ2v) is 4.87. The number of nitro groups is 1. The maximum absolute atomic E-state index is 12.1. The summed E-state index contributed by atoms with van der Waals surface area (Å²) in [5.74, 6) is -2.14. The average molecular weight is 325 g/mol. The molecule has 8 nitrogen and oxygen atoms in total. The number of amides is 2. The second-order valence-electron chi connectivity index (χ2n) is 4.87. The minimum Gasteiger partial charge on any atom is -0.395 e. The summed E-state index contributed by atoms with van der Waals surface area (Å²) in [6.07, 6.45) is 0. The molecule has 1 heterocycles. The Bertz CT molecular complexity index is 948. The van der Waals surface area contributed by atoms with Crippen molar-refractivity contribution in [3.05, 3.63) is 76.0 Å². The molecule has 3 rings (SSSR count). The second kappa shape index (κ2) is 6.21. The lowest BCUT2D eigenvalue weighted by Gasteiger charge is -2.06. The standard InChI is InChI=1S/C16H11N3O5/c20-15(12-6-5-10-3-1-2-4-11(10)9-12)17-18-16(21)13-7-8-14(24-13)19(22)23/h1-9H,(H,17,20)(H,18,21). The van der Waals surface area contributed by atoms with Gasteiger partial charge in [0.15, 0.2) is 0 Å². The van der Waals surface area contributed by atoms with E-state index in [1.807, 2.05) is 24.3 Å². The quantitative estimate of drug-likeness (QED) is 0.567. The van der Waals surface area contributed by atoms with Gasteiger partial charge < -0.3 is 4.42 Å². The van der Waals surface area contributed by atoms with Crippen molar-refractivity contribution >= 4 is 28.5 Å². The monoisotopic (exact) mass is 325 g/mol. The number of fused-ring (bicyclic) bond motifs is 1. The zero-order valence-electron chi connectivity index (χ0n) is 12.2. The van der Waals surface area contributed by atoms with Crippen LogP contribution >= 0.6 is 0 Å². The van der Waals surface area contributed by atoms with Gasteiger partial charge in [-0.25, -0.2) is 0 Å². The van der Waals surface area contributed by atoms with E-state index in [0.29, 0.717) is 5.56 Å². The molecule has 3 aromatic rings. The van der Waals surface area contributed by atoms with Crippen molar-refractivity contribution in [3.8, 4) is 0 Å². The third kappa shape index (κ3) is 3.07. The predicted octanol–water partition coefficient (Wildman–Crippen LogP) is 2.42. The molecule has 120 valence electrons. The highest BCUT2D eigenvalue weighted by atomic mass is 16.6. The zero-order chi connectivity index (χ0) is 17.1. The van der Waals surface area contributed by atoms with Crippen LogP contribution in [-0.2, 0) is 0 Å². The molecular formula is C16H11N3O5. The van der Waals surface area contributed by atoms with Gasteiger partial charge in [-0.15, -0.1) is 0 Å². The summed E-state index contributed by atoms with van der Waals surface area (Å²) in [7, 11) is 0. The predicted molar refractivity (Wildman–Crippen MR) is 84.2 cm³/mol. The Morgan fingerprint density at radius 2 is 1.62 bits per heavy atom. The summed E-state index contributed by atoms with van der Waals surface area (Å²) in [6, 6.07) is 14.9. The first-order valence-corrected chi connectivity index (χ1v) is 6.88. The molecule has 0 saturated heterocycles. The summed E-state index contributed by atoms with van der Waals surface area (Å²) in [4.78, 5) is 33.6. The van der Waals surface area contributed by atoms with Gasteiger partial charge in [-0.1, -0.05) is 30.3 Å². The number of furan rings is 1. The molecule has 24 heavy (non-hydrogen) atoms. The lowest BCUT2D eigenvalue weighted by Crippen LogP contribution is -2.41. The van der Waals surface area contributed by atoms with E-state index in [0.717, 1.165) is 22.9 Å². The summed E-state index contributed by atoms with van der Waals surface area (Å²) in [5, 5.41) is 12.4. The van der Waals surface area contributed by atoms with Crippen LogP contribution in [0.25, 0.3) is 10.8 Å². The van der Waals surface area contributed by atoms with E-state index in [-0.39, 0.29) is 5.76 Å². The number of carbonyl (C=O) groups is 2. The lowest BCUT2D eigenvalue weighted by molar-refractivity contribution is -0.402. The van der Waals surface area contributed by atoms with Gasteiger partial charge in [-0.3, -0.25) is 30.6 Å². The van der Waals surface area contributed by atoms with Gasteiger partial charge in [-0.05, 0) is 29.0 Å². The van der Waals surface area contributed by atoms with Gasteiger partial charge in [0.05, 0.1) is 6.07 Å². The van der Waals surface area contributed by atoms with E-state index in [1.165, 1.54) is 0 Å². The average Bonchev–Trinajstić information content (AvgIpc) is 3.09. The van der Waals surface area contributed by atoms with Crippen molar-refractivity contribution in [2.75, 3.05) is 0 Å². The Morgan fingerprint density at radius 1 is 0.917 bits per heavy atom. The molecule has 0 bridgehead atoms. The van der Waals surface area contributed by atoms with E-state index in [2.05, 4.69) is 10.9 Å². The first-order chi connectivity index (χ1) is 11.5. The maximum atomic E-state index is 12.1. The third-order valence-corrected chi connectivity index (χ3v) is 3.30. The highest BCUT2D eigenvalue weighted by Crippen LogP contribution is 2.16. The van der Waals surface area contributed by atoms with Gasteiger partial charge >= 0.3 is 11.8 Å². The SMILES string of the molecule is O=C(NNC(=O)c1ccc([N+](=O)[O-])o1)c1ccc2ccccc2c1. The maximum Gasteiger partial charge on any atom is 0.433 e. The number of rotatable bonds is 3. The number of benzene rings is 2. The van der Waals surface area contributed by atoms with Crippen molar-refractivity contribution < 1.29 is 18.9 Å². The summed E-state index contributed by atoms with van der Waals surface area (Å²) in [5.41, 5.74) is 4.74. The van der Waals surface area contributed by atoms with Crippen LogP contribution in [0.15, 0.2) is 59.0 Å². The molecule has 0 aliphatic carbocycles. The fourth-order valence-electron chi connectivity index (χ4n) is 2.13. The fourth-order valence-corrected chi connectivity index (χ4v) is 2.13. The van der Waals surface area contributed by atoms with Crippen LogP contribution in [0.2, 0.25) is 0 Å². The van der Waals surface area contributed by atoms with Gasteiger partial charge in [0.2, 0.25) is 5.76 Å². The molecule has 0 radical (unpaired) electrons. The van der Waals surface area contributed by atoms with Gasteiger partial charge in [0.1, 0.15) is 4.92 Å². The summed E-state index contributed by atoms with van der Waals surface area (Å²) < 4.78 is 4.74. The molecule has 0 aliphatic heterocycles. The number of hydrazine groups is 1. The minimum absolute atomic E-state index is 0.277. The molecular weight excluding hydrogens is 314 g/mol. The van der Waals surface area contributed by atoms with Crippen molar-refractivity contribution in [2.45, 2.75) is 0 Å². The smallest absolute Gasteiger partial charge is 0.395 e. The Kier molecular flexibility index (Phi) is 3.94. The summed E-state index contributed by atoms with van der Waals surface area (Å²) in [6.45, 7) is 0. The van der Waals surface area contributed by atoms with E-state index in [9.17, 15) is 19.7 Å². The van der Waals surface area contributed by atoms with Crippen LogP contribution in [0.4, 0.5) is 5.88 Å². The van der Waals surface area contributed by atoms with Crippen LogP contribution in [0.3, 0.4) is 0 Å². The molecule has 2 N–H and O–H groups in total. The Morgan fingerprint density at radius 3 is 2.33 bits per heavy atom. The molecule has 0 aliphatic rings. The third-order valence-electron chi connectivity index (χ3n) is 3.30. The van der Waals surface area contributed by atoms with Gasteiger partial charge in [0, 0.05) is 5.56 Å². The molecule has 2 amide bonds. The van der Waals surface area contributed by atoms with Crippen LogP contribution in [-0.4, -0.2) is 16.7 Å². The van der Waals surface area contributed by atoms with Crippen LogP contribution in [0.5, 0.6) is 0 Å². The topological polar surface area (TPSA) is 114 Å². The largest absolute Gasteiger partial charge is 0.433 e.